The predicted octanol–water partition coefficient (Wildman–Crippen LogP) is 4.33. The Morgan fingerprint density at radius 2 is 1.86 bits per heavy atom. The van der Waals surface area contributed by atoms with Crippen molar-refractivity contribution in [3.05, 3.63) is 23.8 Å². The Morgan fingerprint density at radius 3 is 2.69 bits per heavy atom. The lowest BCUT2D eigenvalue weighted by atomic mass is 9.78. The quantitative estimate of drug-likeness (QED) is 0.788. The van der Waals surface area contributed by atoms with Crippen LogP contribution >= 0.6 is 11.3 Å². The molecule has 1 aromatic heterocycles. The lowest BCUT2D eigenvalue weighted by Gasteiger charge is -2.33. The number of carbonyl (C=O) groups is 2. The Balaban J connectivity index is 1.26. The maximum absolute atomic E-state index is 12.7. The van der Waals surface area contributed by atoms with Gasteiger partial charge in [0, 0.05) is 25.7 Å². The molecule has 29 heavy (non-hydrogen) atoms. The van der Waals surface area contributed by atoms with Gasteiger partial charge in [0.05, 0.1) is 10.2 Å². The van der Waals surface area contributed by atoms with Gasteiger partial charge in [0.15, 0.2) is 5.13 Å². The molecule has 6 nitrogen and oxygen atoms in total. The zero-order valence-electron chi connectivity index (χ0n) is 17.0. The van der Waals surface area contributed by atoms with E-state index in [0.29, 0.717) is 16.6 Å². The van der Waals surface area contributed by atoms with Crippen LogP contribution in [0.5, 0.6) is 0 Å². The Hall–Kier alpha value is -2.15. The molecular weight excluding hydrogens is 384 g/mol. The van der Waals surface area contributed by atoms with E-state index in [1.807, 2.05) is 12.1 Å². The minimum Gasteiger partial charge on any atom is -0.345 e. The molecule has 0 saturated heterocycles. The Labute approximate surface area is 175 Å². The second-order valence-electron chi connectivity index (χ2n) is 9.27. The molecule has 5 atom stereocenters. The summed E-state index contributed by atoms with van der Waals surface area (Å²) in [5, 5.41) is 6.75. The molecule has 0 radical (unpaired) electrons. The number of fused-ring (bicyclic) bond motifs is 3. The Kier molecular flexibility index (Phi) is 4.73. The second-order valence-corrected chi connectivity index (χ2v) is 10.3. The van der Waals surface area contributed by atoms with Gasteiger partial charge < -0.3 is 10.2 Å². The number of nitrogens with one attached hydrogen (secondary N) is 2. The highest BCUT2D eigenvalue weighted by molar-refractivity contribution is 7.22. The number of rotatable bonds is 3. The predicted molar refractivity (Wildman–Crippen MR) is 115 cm³/mol. The molecule has 5 rings (SSSR count). The molecular formula is C22H28N4O2S. The summed E-state index contributed by atoms with van der Waals surface area (Å²) in [4.78, 5) is 30.9. The molecule has 3 amide bonds. The van der Waals surface area contributed by atoms with Crippen molar-refractivity contribution in [2.24, 2.45) is 23.7 Å². The van der Waals surface area contributed by atoms with Gasteiger partial charge in [0.25, 0.3) is 5.91 Å². The third-order valence-electron chi connectivity index (χ3n) is 7.18. The molecule has 154 valence electrons. The van der Waals surface area contributed by atoms with Gasteiger partial charge in [-0.1, -0.05) is 11.3 Å². The summed E-state index contributed by atoms with van der Waals surface area (Å²) in [7, 11) is 3.48. The van der Waals surface area contributed by atoms with E-state index in [-0.39, 0.29) is 18.0 Å². The average molecular weight is 413 g/mol. The number of anilines is 1. The highest BCUT2D eigenvalue weighted by Gasteiger charge is 2.45. The zero-order chi connectivity index (χ0) is 20.1. The van der Waals surface area contributed by atoms with E-state index in [0.717, 1.165) is 34.4 Å². The molecule has 2 aromatic rings. The molecule has 2 N–H and O–H groups in total. The van der Waals surface area contributed by atoms with E-state index in [2.05, 4.69) is 15.6 Å². The smallest absolute Gasteiger partial charge is 0.321 e. The Bertz CT molecular complexity index is 955. The summed E-state index contributed by atoms with van der Waals surface area (Å²) in [5.74, 6) is 3.27. The van der Waals surface area contributed by atoms with Gasteiger partial charge in [-0.05, 0) is 80.4 Å². The van der Waals surface area contributed by atoms with Crippen molar-refractivity contribution < 1.29 is 9.59 Å². The number of aromatic nitrogens is 1. The molecule has 3 aliphatic carbocycles. The first-order chi connectivity index (χ1) is 14.0. The minimum atomic E-state index is -0.156. The molecule has 7 heteroatoms. The first kappa shape index (κ1) is 18.9. The summed E-state index contributed by atoms with van der Waals surface area (Å²) in [6.07, 6.45) is 7.76. The highest BCUT2D eigenvalue weighted by atomic mass is 32.1. The van der Waals surface area contributed by atoms with Gasteiger partial charge in [-0.15, -0.1) is 0 Å². The van der Waals surface area contributed by atoms with Crippen LogP contribution in [0.25, 0.3) is 10.2 Å². The molecule has 3 aliphatic rings. The second kappa shape index (κ2) is 7.27. The summed E-state index contributed by atoms with van der Waals surface area (Å²) in [6.45, 7) is 0. The monoisotopic (exact) mass is 412 g/mol. The molecule has 3 bridgehead atoms. The van der Waals surface area contributed by atoms with Crippen LogP contribution in [0.2, 0.25) is 0 Å². The average Bonchev–Trinajstić information content (AvgIpc) is 3.18. The SMILES string of the molecule is CN(C)C(=O)c1ccc2nc(NC(=O)NC3CCC4CC5CC4CC3C5)sc2c1. The number of urea groups is 1. The number of thiazole rings is 1. The van der Waals surface area contributed by atoms with Crippen molar-refractivity contribution in [1.29, 1.82) is 0 Å². The van der Waals surface area contributed by atoms with Crippen molar-refractivity contribution in [3.8, 4) is 0 Å². The van der Waals surface area contributed by atoms with Crippen LogP contribution in [0, 0.1) is 23.7 Å². The largest absolute Gasteiger partial charge is 0.345 e. The van der Waals surface area contributed by atoms with Crippen LogP contribution in [0.3, 0.4) is 0 Å². The van der Waals surface area contributed by atoms with E-state index in [1.54, 1.807) is 25.1 Å². The molecule has 1 aromatic carbocycles. The summed E-state index contributed by atoms with van der Waals surface area (Å²) in [6, 6.07) is 5.59. The molecule has 3 saturated carbocycles. The summed E-state index contributed by atoms with van der Waals surface area (Å²) >= 11 is 1.41. The number of carbonyl (C=O) groups excluding carboxylic acids is 2. The van der Waals surface area contributed by atoms with Crippen LogP contribution in [0.1, 0.15) is 48.9 Å². The van der Waals surface area contributed by atoms with E-state index in [4.69, 9.17) is 0 Å². The molecule has 0 aliphatic heterocycles. The number of hydrogen-bond acceptors (Lipinski definition) is 4. The third-order valence-corrected chi connectivity index (χ3v) is 8.11. The highest BCUT2D eigenvalue weighted by Crippen LogP contribution is 2.53. The van der Waals surface area contributed by atoms with Gasteiger partial charge in [-0.3, -0.25) is 10.1 Å². The van der Waals surface area contributed by atoms with Crippen molar-refractivity contribution in [2.75, 3.05) is 19.4 Å². The number of hydrogen-bond donors (Lipinski definition) is 2. The van der Waals surface area contributed by atoms with Gasteiger partial charge in [-0.25, -0.2) is 9.78 Å². The van der Waals surface area contributed by atoms with Gasteiger partial charge >= 0.3 is 6.03 Å². The Morgan fingerprint density at radius 1 is 1.07 bits per heavy atom. The maximum atomic E-state index is 12.7. The normalized spacial score (nSPS) is 30.2. The van der Waals surface area contributed by atoms with E-state index in [9.17, 15) is 9.59 Å². The third kappa shape index (κ3) is 3.61. The molecule has 1 heterocycles. The lowest BCUT2D eigenvalue weighted by Crippen LogP contribution is -2.43. The fourth-order valence-corrected chi connectivity index (χ4v) is 6.80. The van der Waals surface area contributed by atoms with Gasteiger partial charge in [-0.2, -0.15) is 0 Å². The van der Waals surface area contributed by atoms with Crippen LogP contribution in [0.15, 0.2) is 18.2 Å². The van der Waals surface area contributed by atoms with Crippen LogP contribution in [-0.4, -0.2) is 42.0 Å². The minimum absolute atomic E-state index is 0.0373. The van der Waals surface area contributed by atoms with Crippen LogP contribution in [-0.2, 0) is 0 Å². The van der Waals surface area contributed by atoms with Crippen LogP contribution < -0.4 is 10.6 Å². The van der Waals surface area contributed by atoms with Crippen LogP contribution in [0.4, 0.5) is 9.93 Å². The summed E-state index contributed by atoms with van der Waals surface area (Å²) < 4.78 is 0.901. The first-order valence-electron chi connectivity index (χ1n) is 10.7. The zero-order valence-corrected chi connectivity index (χ0v) is 17.8. The first-order valence-corrected chi connectivity index (χ1v) is 11.5. The fourth-order valence-electron chi connectivity index (χ4n) is 5.90. The van der Waals surface area contributed by atoms with Crippen molar-refractivity contribution in [2.45, 2.75) is 44.6 Å². The topological polar surface area (TPSA) is 74.3 Å². The lowest BCUT2D eigenvalue weighted by molar-refractivity contribution is 0.0828. The summed E-state index contributed by atoms with van der Waals surface area (Å²) in [5.41, 5.74) is 1.43. The number of nitrogens with zero attached hydrogens (tertiary/aromatic N) is 2. The van der Waals surface area contributed by atoms with Gasteiger partial charge in [0.1, 0.15) is 0 Å². The molecule has 5 unspecified atom stereocenters. The maximum Gasteiger partial charge on any atom is 0.321 e. The van der Waals surface area contributed by atoms with E-state index in [1.165, 1.54) is 43.4 Å². The van der Waals surface area contributed by atoms with Crippen molar-refractivity contribution in [1.82, 2.24) is 15.2 Å². The van der Waals surface area contributed by atoms with Gasteiger partial charge in [0.2, 0.25) is 0 Å². The van der Waals surface area contributed by atoms with E-state index < -0.39 is 0 Å². The van der Waals surface area contributed by atoms with Crippen molar-refractivity contribution in [3.63, 3.8) is 0 Å². The van der Waals surface area contributed by atoms with Crippen molar-refractivity contribution >= 4 is 38.6 Å². The fraction of sp³-hybridized carbons (Fsp3) is 0.591. The molecule has 0 spiro atoms. The number of amides is 3. The number of benzene rings is 1. The standard InChI is InChI=1S/C22H28N4O2S/c1-26(2)20(27)14-4-6-18-19(11-14)29-22(24-18)25-21(28)23-17-5-3-13-7-12-8-15(13)10-16(17)9-12/h4,6,11-13,15-17H,3,5,7-10H2,1-2H3,(H2,23,24,25,28). The molecule has 3 fully saturated rings. The van der Waals surface area contributed by atoms with E-state index >= 15 is 0 Å².